The molecule has 80 valence electrons. The van der Waals surface area contributed by atoms with Crippen molar-refractivity contribution < 1.29 is 8.78 Å². The summed E-state index contributed by atoms with van der Waals surface area (Å²) in [5.41, 5.74) is 1.15. The molecule has 0 spiro atoms. The van der Waals surface area contributed by atoms with Crippen molar-refractivity contribution in [2.75, 3.05) is 0 Å². The number of aryl methyl sites for hydroxylation is 1. The van der Waals surface area contributed by atoms with E-state index in [1.165, 1.54) is 0 Å². The van der Waals surface area contributed by atoms with Gasteiger partial charge in [0.1, 0.15) is 5.82 Å². The van der Waals surface area contributed by atoms with Crippen molar-refractivity contribution in [1.82, 2.24) is 9.55 Å². The fourth-order valence-electron chi connectivity index (χ4n) is 1.71. The summed E-state index contributed by atoms with van der Waals surface area (Å²) in [7, 11) is 0. The molecule has 1 aromatic carbocycles. The van der Waals surface area contributed by atoms with Crippen molar-refractivity contribution in [2.45, 2.75) is 26.3 Å². The number of halogens is 2. The minimum Gasteiger partial charge on any atom is -0.270 e. The zero-order chi connectivity index (χ0) is 10.8. The van der Waals surface area contributed by atoms with E-state index in [-0.39, 0.29) is 0 Å². The molecule has 1 aromatic heterocycles. The SMILES string of the molecule is CCCc1nc2ccccc2n1C(F)F. The summed E-state index contributed by atoms with van der Waals surface area (Å²) in [5.74, 6) is 0.466. The van der Waals surface area contributed by atoms with E-state index in [4.69, 9.17) is 0 Å². The summed E-state index contributed by atoms with van der Waals surface area (Å²) in [6.07, 6.45) is 1.40. The Morgan fingerprint density at radius 2 is 2.07 bits per heavy atom. The van der Waals surface area contributed by atoms with Gasteiger partial charge in [-0.2, -0.15) is 8.78 Å². The van der Waals surface area contributed by atoms with Crippen molar-refractivity contribution in [3.05, 3.63) is 30.1 Å². The van der Waals surface area contributed by atoms with Crippen molar-refractivity contribution >= 4 is 11.0 Å². The molecule has 2 nitrogen and oxygen atoms in total. The van der Waals surface area contributed by atoms with Gasteiger partial charge in [0.15, 0.2) is 0 Å². The Balaban J connectivity index is 2.63. The normalized spacial score (nSPS) is 11.5. The van der Waals surface area contributed by atoms with Crippen LogP contribution in [0.25, 0.3) is 11.0 Å². The van der Waals surface area contributed by atoms with E-state index < -0.39 is 6.55 Å². The third-order valence-corrected chi connectivity index (χ3v) is 2.34. The fourth-order valence-corrected chi connectivity index (χ4v) is 1.71. The lowest BCUT2D eigenvalue weighted by Crippen LogP contribution is -2.03. The number of rotatable bonds is 3. The number of para-hydroxylation sites is 2. The zero-order valence-electron chi connectivity index (χ0n) is 8.45. The molecule has 2 aromatic rings. The predicted molar refractivity (Wildman–Crippen MR) is 55.0 cm³/mol. The quantitative estimate of drug-likeness (QED) is 0.759. The van der Waals surface area contributed by atoms with E-state index >= 15 is 0 Å². The highest BCUT2D eigenvalue weighted by Gasteiger charge is 2.16. The summed E-state index contributed by atoms with van der Waals surface area (Å²) in [4.78, 5) is 4.21. The molecule has 0 radical (unpaired) electrons. The van der Waals surface area contributed by atoms with Gasteiger partial charge in [-0.25, -0.2) is 4.98 Å². The number of hydrogen-bond donors (Lipinski definition) is 0. The molecule has 0 atom stereocenters. The second-order valence-electron chi connectivity index (χ2n) is 3.41. The third kappa shape index (κ3) is 1.71. The van der Waals surface area contributed by atoms with Crippen molar-refractivity contribution in [3.8, 4) is 0 Å². The van der Waals surface area contributed by atoms with Crippen LogP contribution in [0.4, 0.5) is 8.78 Å². The topological polar surface area (TPSA) is 17.8 Å². The fraction of sp³-hybridized carbons (Fsp3) is 0.364. The minimum atomic E-state index is -2.51. The van der Waals surface area contributed by atoms with E-state index in [0.29, 0.717) is 23.3 Å². The molecule has 0 aliphatic carbocycles. The van der Waals surface area contributed by atoms with Gasteiger partial charge in [-0.15, -0.1) is 0 Å². The molecule has 0 amide bonds. The Bertz CT molecular complexity index is 463. The smallest absolute Gasteiger partial charge is 0.270 e. The van der Waals surface area contributed by atoms with Gasteiger partial charge >= 0.3 is 6.55 Å². The summed E-state index contributed by atoms with van der Waals surface area (Å²) in [6.45, 7) is -0.561. The second-order valence-corrected chi connectivity index (χ2v) is 3.41. The zero-order valence-corrected chi connectivity index (χ0v) is 8.45. The van der Waals surface area contributed by atoms with E-state index in [1.54, 1.807) is 24.3 Å². The molecule has 0 aliphatic rings. The molecule has 0 N–H and O–H groups in total. The van der Waals surface area contributed by atoms with E-state index in [1.807, 2.05) is 6.92 Å². The molecule has 0 bridgehead atoms. The summed E-state index contributed by atoms with van der Waals surface area (Å²) >= 11 is 0. The van der Waals surface area contributed by atoms with Gasteiger partial charge in [-0.3, -0.25) is 4.57 Å². The number of aromatic nitrogens is 2. The average Bonchev–Trinajstić information content (AvgIpc) is 2.56. The average molecular weight is 210 g/mol. The molecule has 15 heavy (non-hydrogen) atoms. The predicted octanol–water partition coefficient (Wildman–Crippen LogP) is 3.38. The Morgan fingerprint density at radius 3 is 2.73 bits per heavy atom. The Morgan fingerprint density at radius 1 is 1.33 bits per heavy atom. The van der Waals surface area contributed by atoms with Gasteiger partial charge in [0.05, 0.1) is 11.0 Å². The molecule has 0 saturated carbocycles. The van der Waals surface area contributed by atoms with Crippen LogP contribution < -0.4 is 0 Å². The van der Waals surface area contributed by atoms with Crippen LogP contribution in [0.2, 0.25) is 0 Å². The molecule has 1 heterocycles. The summed E-state index contributed by atoms with van der Waals surface area (Å²) in [5, 5.41) is 0. The Labute approximate surface area is 86.5 Å². The molecule has 0 saturated heterocycles. The van der Waals surface area contributed by atoms with Gasteiger partial charge < -0.3 is 0 Å². The van der Waals surface area contributed by atoms with Crippen LogP contribution in [0, 0.1) is 0 Å². The molecule has 4 heteroatoms. The highest BCUT2D eigenvalue weighted by Crippen LogP contribution is 2.23. The van der Waals surface area contributed by atoms with Crippen LogP contribution >= 0.6 is 0 Å². The first-order valence-corrected chi connectivity index (χ1v) is 4.98. The van der Waals surface area contributed by atoms with Crippen LogP contribution in [0.5, 0.6) is 0 Å². The number of alkyl halides is 2. The lowest BCUT2D eigenvalue weighted by atomic mass is 10.3. The maximum absolute atomic E-state index is 12.8. The monoisotopic (exact) mass is 210 g/mol. The van der Waals surface area contributed by atoms with E-state index in [9.17, 15) is 8.78 Å². The van der Waals surface area contributed by atoms with Crippen molar-refractivity contribution in [3.63, 3.8) is 0 Å². The molecule has 0 unspecified atom stereocenters. The second kappa shape index (κ2) is 3.96. The van der Waals surface area contributed by atoms with Gasteiger partial charge in [-0.05, 0) is 18.6 Å². The standard InChI is InChI=1S/C11H12F2N2/c1-2-5-10-14-8-6-3-4-7-9(8)15(10)11(12)13/h3-4,6-7,11H,2,5H2,1H3. The lowest BCUT2D eigenvalue weighted by molar-refractivity contribution is 0.0715. The summed E-state index contributed by atoms with van der Waals surface area (Å²) in [6, 6.07) is 6.99. The Kier molecular flexibility index (Phi) is 2.66. The van der Waals surface area contributed by atoms with E-state index in [0.717, 1.165) is 11.0 Å². The van der Waals surface area contributed by atoms with Crippen LogP contribution in [0.15, 0.2) is 24.3 Å². The molecule has 0 aliphatic heterocycles. The number of benzene rings is 1. The largest absolute Gasteiger partial charge is 0.320 e. The van der Waals surface area contributed by atoms with Gasteiger partial charge in [0.25, 0.3) is 0 Å². The third-order valence-electron chi connectivity index (χ3n) is 2.34. The highest BCUT2D eigenvalue weighted by atomic mass is 19.3. The first kappa shape index (κ1) is 10.1. The van der Waals surface area contributed by atoms with E-state index in [2.05, 4.69) is 4.98 Å². The Hall–Kier alpha value is -1.45. The highest BCUT2D eigenvalue weighted by molar-refractivity contribution is 5.75. The number of fused-ring (bicyclic) bond motifs is 1. The summed E-state index contributed by atoms with van der Waals surface area (Å²) < 4.78 is 26.7. The first-order valence-electron chi connectivity index (χ1n) is 4.98. The van der Waals surface area contributed by atoms with Crippen LogP contribution in [0.1, 0.15) is 25.7 Å². The molecule has 2 rings (SSSR count). The first-order chi connectivity index (χ1) is 7.24. The molecular formula is C11H12F2N2. The van der Waals surface area contributed by atoms with Crippen molar-refractivity contribution in [2.24, 2.45) is 0 Å². The van der Waals surface area contributed by atoms with Gasteiger partial charge in [-0.1, -0.05) is 19.1 Å². The maximum atomic E-state index is 12.8. The maximum Gasteiger partial charge on any atom is 0.320 e. The lowest BCUT2D eigenvalue weighted by Gasteiger charge is -2.06. The van der Waals surface area contributed by atoms with Gasteiger partial charge in [0.2, 0.25) is 0 Å². The molecule has 0 fully saturated rings. The number of hydrogen-bond acceptors (Lipinski definition) is 1. The van der Waals surface area contributed by atoms with Crippen LogP contribution in [-0.2, 0) is 6.42 Å². The van der Waals surface area contributed by atoms with Gasteiger partial charge in [0, 0.05) is 6.42 Å². The van der Waals surface area contributed by atoms with Crippen LogP contribution in [-0.4, -0.2) is 9.55 Å². The number of imidazole rings is 1. The van der Waals surface area contributed by atoms with Crippen LogP contribution in [0.3, 0.4) is 0 Å². The van der Waals surface area contributed by atoms with Crippen molar-refractivity contribution in [1.29, 1.82) is 0 Å². The number of nitrogens with zero attached hydrogens (tertiary/aromatic N) is 2. The minimum absolute atomic E-state index is 0.466. The molecular weight excluding hydrogens is 198 g/mol.